The van der Waals surface area contributed by atoms with Crippen LogP contribution in [0.1, 0.15) is 10.4 Å². The molecule has 2 heterocycles. The lowest BCUT2D eigenvalue weighted by Crippen LogP contribution is -2.13. The van der Waals surface area contributed by atoms with Crippen LogP contribution in [0.3, 0.4) is 0 Å². The molecule has 0 spiro atoms. The van der Waals surface area contributed by atoms with Gasteiger partial charge in [0, 0.05) is 29.6 Å². The number of nitrogens with zero attached hydrogens (tertiary/aromatic N) is 2. The second-order valence-electron chi connectivity index (χ2n) is 5.96. The van der Waals surface area contributed by atoms with Crippen molar-refractivity contribution in [2.45, 2.75) is 0 Å². The van der Waals surface area contributed by atoms with E-state index < -0.39 is 0 Å². The van der Waals surface area contributed by atoms with Gasteiger partial charge >= 0.3 is 0 Å². The number of methoxy groups -OCH3 is 2. The highest BCUT2D eigenvalue weighted by Gasteiger charge is 2.14. The van der Waals surface area contributed by atoms with Gasteiger partial charge in [-0.3, -0.25) is 9.78 Å². The monoisotopic (exact) mass is 375 g/mol. The van der Waals surface area contributed by atoms with Crippen LogP contribution in [0.4, 0.5) is 5.69 Å². The molecule has 0 atom stereocenters. The summed E-state index contributed by atoms with van der Waals surface area (Å²) >= 11 is 0. The van der Waals surface area contributed by atoms with E-state index in [1.165, 1.54) is 7.11 Å². The van der Waals surface area contributed by atoms with Crippen LogP contribution in [0.5, 0.6) is 11.5 Å². The molecule has 1 amide bonds. The summed E-state index contributed by atoms with van der Waals surface area (Å²) in [6.45, 7) is 0. The Kier molecular flexibility index (Phi) is 4.63. The number of carbonyl (C=O) groups excluding carboxylic acids is 1. The molecule has 1 N–H and O–H groups in total. The van der Waals surface area contributed by atoms with Gasteiger partial charge in [-0.05, 0) is 36.4 Å². The summed E-state index contributed by atoms with van der Waals surface area (Å²) in [5.41, 5.74) is 3.23. The maximum absolute atomic E-state index is 12.6. The van der Waals surface area contributed by atoms with Crippen molar-refractivity contribution in [2.24, 2.45) is 0 Å². The fourth-order valence-electron chi connectivity index (χ4n) is 2.78. The fourth-order valence-corrected chi connectivity index (χ4v) is 2.78. The first-order valence-corrected chi connectivity index (χ1v) is 8.52. The highest BCUT2D eigenvalue weighted by atomic mass is 16.5. The molecule has 28 heavy (non-hydrogen) atoms. The number of oxazole rings is 1. The maximum atomic E-state index is 12.6. The van der Waals surface area contributed by atoms with Gasteiger partial charge in [0.2, 0.25) is 5.89 Å². The van der Waals surface area contributed by atoms with Crippen LogP contribution < -0.4 is 14.8 Å². The number of benzene rings is 2. The predicted molar refractivity (Wildman–Crippen MR) is 105 cm³/mol. The van der Waals surface area contributed by atoms with Crippen molar-refractivity contribution >= 4 is 22.7 Å². The fraction of sp³-hybridized carbons (Fsp3) is 0.0952. The highest BCUT2D eigenvalue weighted by molar-refractivity contribution is 6.06. The first-order chi connectivity index (χ1) is 13.7. The first kappa shape index (κ1) is 17.5. The average molecular weight is 375 g/mol. The van der Waals surface area contributed by atoms with Gasteiger partial charge in [0.25, 0.3) is 5.91 Å². The Labute approximate surface area is 160 Å². The van der Waals surface area contributed by atoms with E-state index in [2.05, 4.69) is 15.3 Å². The van der Waals surface area contributed by atoms with Gasteiger partial charge in [-0.15, -0.1) is 0 Å². The third kappa shape index (κ3) is 3.37. The smallest absolute Gasteiger partial charge is 0.259 e. The minimum Gasteiger partial charge on any atom is -0.497 e. The third-order valence-electron chi connectivity index (χ3n) is 4.23. The lowest BCUT2D eigenvalue weighted by molar-refractivity contribution is 0.102. The average Bonchev–Trinajstić information content (AvgIpc) is 3.18. The number of carbonyl (C=O) groups is 1. The van der Waals surface area contributed by atoms with E-state index in [0.29, 0.717) is 39.7 Å². The topological polar surface area (TPSA) is 86.5 Å². The number of fused-ring (bicyclic) bond motifs is 1. The molecule has 2 aromatic carbocycles. The number of amides is 1. The minimum atomic E-state index is -0.278. The lowest BCUT2D eigenvalue weighted by atomic mass is 10.1. The molecule has 0 bridgehead atoms. The summed E-state index contributed by atoms with van der Waals surface area (Å²) in [7, 11) is 3.07. The van der Waals surface area contributed by atoms with Crippen molar-refractivity contribution in [3.63, 3.8) is 0 Å². The molecule has 2 aromatic heterocycles. The molecule has 0 aliphatic rings. The second-order valence-corrected chi connectivity index (χ2v) is 5.96. The molecule has 7 nitrogen and oxygen atoms in total. The summed E-state index contributed by atoms with van der Waals surface area (Å²) in [4.78, 5) is 21.0. The van der Waals surface area contributed by atoms with Crippen LogP contribution >= 0.6 is 0 Å². The number of rotatable bonds is 5. The number of hydrogen-bond acceptors (Lipinski definition) is 6. The zero-order chi connectivity index (χ0) is 19.5. The van der Waals surface area contributed by atoms with E-state index in [9.17, 15) is 4.79 Å². The predicted octanol–water partition coefficient (Wildman–Crippen LogP) is 4.16. The summed E-state index contributed by atoms with van der Waals surface area (Å²) in [6, 6.07) is 14.0. The van der Waals surface area contributed by atoms with Gasteiger partial charge in [-0.25, -0.2) is 4.98 Å². The number of aromatic nitrogens is 2. The summed E-state index contributed by atoms with van der Waals surface area (Å²) in [5, 5.41) is 2.85. The van der Waals surface area contributed by atoms with E-state index in [1.807, 2.05) is 12.1 Å². The molecule has 0 aliphatic heterocycles. The Bertz CT molecular complexity index is 1100. The van der Waals surface area contributed by atoms with Crippen LogP contribution in [0.2, 0.25) is 0 Å². The van der Waals surface area contributed by atoms with Crippen LogP contribution in [0, 0.1) is 0 Å². The van der Waals surface area contributed by atoms with E-state index in [4.69, 9.17) is 13.9 Å². The van der Waals surface area contributed by atoms with Gasteiger partial charge in [-0.1, -0.05) is 0 Å². The summed E-state index contributed by atoms with van der Waals surface area (Å²) in [6.07, 6.45) is 3.31. The third-order valence-corrected chi connectivity index (χ3v) is 4.23. The molecule has 0 radical (unpaired) electrons. The number of anilines is 1. The molecule has 4 rings (SSSR count). The summed E-state index contributed by atoms with van der Waals surface area (Å²) in [5.74, 6) is 1.28. The van der Waals surface area contributed by atoms with E-state index >= 15 is 0 Å². The molecular formula is C21H17N3O4. The Balaban J connectivity index is 1.54. The normalized spacial score (nSPS) is 10.6. The molecule has 0 fully saturated rings. The Morgan fingerprint density at radius 2 is 1.86 bits per heavy atom. The van der Waals surface area contributed by atoms with Crippen molar-refractivity contribution < 1.29 is 18.7 Å². The highest BCUT2D eigenvalue weighted by Crippen LogP contribution is 2.27. The van der Waals surface area contributed by atoms with Crippen LogP contribution in [-0.4, -0.2) is 30.1 Å². The standard InChI is InChI=1S/C21H17N3O4/c1-26-15-7-8-16(19(11-15)27-2)20(25)23-14-5-3-13(4-6-14)21-24-17-12-22-10-9-18(17)28-21/h3-12H,1-2H3,(H,23,25). The van der Waals surface area contributed by atoms with E-state index in [0.717, 1.165) is 5.56 Å². The van der Waals surface area contributed by atoms with Crippen molar-refractivity contribution in [3.05, 3.63) is 66.5 Å². The van der Waals surface area contributed by atoms with Crippen molar-refractivity contribution in [2.75, 3.05) is 19.5 Å². The Morgan fingerprint density at radius 1 is 1.04 bits per heavy atom. The molecule has 0 saturated carbocycles. The van der Waals surface area contributed by atoms with E-state index in [1.54, 1.807) is 55.9 Å². The van der Waals surface area contributed by atoms with Gasteiger partial charge in [0.1, 0.15) is 17.0 Å². The van der Waals surface area contributed by atoms with E-state index in [-0.39, 0.29) is 5.91 Å². The molecule has 0 saturated heterocycles. The minimum absolute atomic E-state index is 0.278. The summed E-state index contributed by atoms with van der Waals surface area (Å²) < 4.78 is 16.2. The molecular weight excluding hydrogens is 358 g/mol. The van der Waals surface area contributed by atoms with Crippen LogP contribution in [0.15, 0.2) is 65.3 Å². The van der Waals surface area contributed by atoms with Gasteiger partial charge in [0.15, 0.2) is 5.58 Å². The van der Waals surface area contributed by atoms with Crippen molar-refractivity contribution in [1.82, 2.24) is 9.97 Å². The molecule has 4 aromatic rings. The van der Waals surface area contributed by atoms with Crippen molar-refractivity contribution in [1.29, 1.82) is 0 Å². The number of nitrogens with one attached hydrogen (secondary N) is 1. The largest absolute Gasteiger partial charge is 0.497 e. The SMILES string of the molecule is COc1ccc(C(=O)Nc2ccc(-c3nc4cnccc4o3)cc2)c(OC)c1. The maximum Gasteiger partial charge on any atom is 0.259 e. The molecule has 0 aliphatic carbocycles. The Morgan fingerprint density at radius 3 is 2.57 bits per heavy atom. The zero-order valence-electron chi connectivity index (χ0n) is 15.3. The van der Waals surface area contributed by atoms with Gasteiger partial charge in [0.05, 0.1) is 26.0 Å². The molecule has 7 heteroatoms. The Hall–Kier alpha value is -3.87. The van der Waals surface area contributed by atoms with Crippen molar-refractivity contribution in [3.8, 4) is 23.0 Å². The number of ether oxygens (including phenoxy) is 2. The van der Waals surface area contributed by atoms with Gasteiger partial charge in [-0.2, -0.15) is 0 Å². The molecule has 0 unspecified atom stereocenters. The van der Waals surface area contributed by atoms with Crippen LogP contribution in [0.25, 0.3) is 22.6 Å². The zero-order valence-corrected chi connectivity index (χ0v) is 15.3. The number of pyridine rings is 1. The first-order valence-electron chi connectivity index (χ1n) is 8.52. The lowest BCUT2D eigenvalue weighted by Gasteiger charge is -2.11. The van der Waals surface area contributed by atoms with Gasteiger partial charge < -0.3 is 19.2 Å². The number of hydrogen-bond donors (Lipinski definition) is 1. The quantitative estimate of drug-likeness (QED) is 0.564. The molecule has 140 valence electrons. The second kappa shape index (κ2) is 7.40. The van der Waals surface area contributed by atoms with Crippen LogP contribution in [-0.2, 0) is 0 Å².